The standard InChI is InChI=1S/C24H29FN4O2S.2H2S/c1-15(2)19-9-17(13-26)10-20(18-6-7-18)21(19)12-24(30)28-32(27,31)23-8-5-16(11-22(23)25)14-29(3)4;;/h5,8-11,15,18H,6-7,12,14H2,1-4H3,(H2,27,28,30,31);2*1H2. The Kier molecular flexibility index (Phi) is 10.8. The number of carbonyl (C=O) groups excluding carboxylic acids is 1. The molecule has 2 N–H and O–H groups in total. The number of hydrogen-bond donors (Lipinski definition) is 1. The van der Waals surface area contributed by atoms with Crippen LogP contribution in [0, 0.1) is 17.1 Å². The van der Waals surface area contributed by atoms with Crippen LogP contribution in [0.2, 0.25) is 0 Å². The number of nitrogens with two attached hydrogens (primary N) is 1. The van der Waals surface area contributed by atoms with Gasteiger partial charge in [-0.1, -0.05) is 19.9 Å². The molecule has 3 rings (SSSR count). The van der Waals surface area contributed by atoms with E-state index in [4.69, 9.17) is 5.14 Å². The van der Waals surface area contributed by atoms with Crippen molar-refractivity contribution < 1.29 is 13.4 Å². The van der Waals surface area contributed by atoms with E-state index in [-0.39, 0.29) is 44.2 Å². The highest BCUT2D eigenvalue weighted by molar-refractivity contribution is 7.91. The maximum atomic E-state index is 14.6. The highest BCUT2D eigenvalue weighted by Crippen LogP contribution is 2.44. The molecule has 2 aromatic rings. The van der Waals surface area contributed by atoms with Crippen LogP contribution in [0.5, 0.6) is 0 Å². The van der Waals surface area contributed by atoms with E-state index in [0.717, 1.165) is 29.5 Å². The number of hydrogen-bond acceptors (Lipinski definition) is 4. The quantitative estimate of drug-likeness (QED) is 0.578. The second-order valence-corrected chi connectivity index (χ2v) is 10.7. The molecule has 1 aliphatic carbocycles. The normalized spacial score (nSPS) is 14.6. The van der Waals surface area contributed by atoms with Gasteiger partial charge in [-0.3, -0.25) is 4.79 Å². The lowest BCUT2D eigenvalue weighted by Crippen LogP contribution is -2.18. The molecule has 1 unspecified atom stereocenters. The monoisotopic (exact) mass is 524 g/mol. The summed E-state index contributed by atoms with van der Waals surface area (Å²) < 4.78 is 31.4. The molecule has 1 fully saturated rings. The van der Waals surface area contributed by atoms with Gasteiger partial charge in [0.15, 0.2) is 0 Å². The van der Waals surface area contributed by atoms with Crippen molar-refractivity contribution in [1.82, 2.24) is 4.90 Å². The van der Waals surface area contributed by atoms with Crippen LogP contribution in [-0.2, 0) is 27.7 Å². The average molecular weight is 525 g/mol. The number of benzene rings is 2. The van der Waals surface area contributed by atoms with E-state index in [9.17, 15) is 18.7 Å². The van der Waals surface area contributed by atoms with Crippen molar-refractivity contribution in [2.75, 3.05) is 14.1 Å². The molecule has 0 bridgehead atoms. The second-order valence-electron chi connectivity index (χ2n) is 8.91. The van der Waals surface area contributed by atoms with Gasteiger partial charge < -0.3 is 4.90 Å². The molecule has 0 radical (unpaired) electrons. The molecular weight excluding hydrogens is 491 g/mol. The molecule has 34 heavy (non-hydrogen) atoms. The van der Waals surface area contributed by atoms with Gasteiger partial charge >= 0.3 is 0 Å². The maximum Gasteiger partial charge on any atom is 0.259 e. The van der Waals surface area contributed by atoms with Crippen molar-refractivity contribution in [3.63, 3.8) is 0 Å². The number of rotatable bonds is 7. The number of nitriles is 1. The van der Waals surface area contributed by atoms with Crippen molar-refractivity contribution in [2.45, 2.75) is 56.4 Å². The number of halogens is 1. The van der Waals surface area contributed by atoms with Crippen molar-refractivity contribution in [1.29, 1.82) is 5.26 Å². The highest BCUT2D eigenvalue weighted by Gasteiger charge is 2.29. The van der Waals surface area contributed by atoms with Crippen LogP contribution >= 0.6 is 27.0 Å². The summed E-state index contributed by atoms with van der Waals surface area (Å²) in [4.78, 5) is 14.4. The van der Waals surface area contributed by atoms with Gasteiger partial charge in [-0.25, -0.2) is 13.7 Å². The lowest BCUT2D eigenvalue weighted by Gasteiger charge is -2.17. The van der Waals surface area contributed by atoms with E-state index in [1.807, 2.05) is 38.9 Å². The Hall–Kier alpha value is -1.90. The topological polar surface area (TPSA) is 99.5 Å². The maximum absolute atomic E-state index is 14.6. The zero-order valence-electron chi connectivity index (χ0n) is 19.9. The zero-order valence-corrected chi connectivity index (χ0v) is 22.7. The molecule has 1 atom stereocenters. The van der Waals surface area contributed by atoms with Crippen LogP contribution in [-0.4, -0.2) is 29.1 Å². The predicted octanol–water partition coefficient (Wildman–Crippen LogP) is 4.46. The summed E-state index contributed by atoms with van der Waals surface area (Å²) in [5, 5.41) is 15.2. The van der Waals surface area contributed by atoms with Gasteiger partial charge in [-0.2, -0.15) is 32.3 Å². The minimum atomic E-state index is -3.73. The summed E-state index contributed by atoms with van der Waals surface area (Å²) in [7, 11) is -0.0194. The van der Waals surface area contributed by atoms with E-state index < -0.39 is 21.6 Å². The fourth-order valence-corrected chi connectivity index (χ4v) is 4.96. The third-order valence-corrected chi connectivity index (χ3v) is 6.90. The average Bonchev–Trinajstić information content (AvgIpc) is 3.51. The summed E-state index contributed by atoms with van der Waals surface area (Å²) in [5.41, 5.74) is 3.95. The fraction of sp³-hybridized carbons (Fsp3) is 0.417. The molecule has 186 valence electrons. The van der Waals surface area contributed by atoms with Crippen LogP contribution in [0.1, 0.15) is 66.3 Å². The first-order valence-corrected chi connectivity index (χ1v) is 12.2. The van der Waals surface area contributed by atoms with Crippen molar-refractivity contribution in [2.24, 2.45) is 9.50 Å². The Morgan fingerprint density at radius 1 is 1.26 bits per heavy atom. The first kappa shape index (κ1) is 30.1. The minimum absolute atomic E-state index is 0. The van der Waals surface area contributed by atoms with Gasteiger partial charge in [0.2, 0.25) is 0 Å². The third kappa shape index (κ3) is 7.30. The highest BCUT2D eigenvalue weighted by atomic mass is 32.2. The number of carbonyl (C=O) groups is 1. The SMILES string of the molecule is CC(C)c1cc(C#N)cc(C2CC2)c1CC(=O)N=S(N)(=O)c1ccc(CN(C)C)cc1F.S.S. The molecule has 0 aliphatic heterocycles. The van der Waals surface area contributed by atoms with Gasteiger partial charge in [-0.05, 0) is 85.3 Å². The van der Waals surface area contributed by atoms with Crippen LogP contribution in [0.4, 0.5) is 4.39 Å². The third-order valence-electron chi connectivity index (χ3n) is 5.46. The lowest BCUT2D eigenvalue weighted by molar-refractivity contribution is -0.117. The van der Waals surface area contributed by atoms with Gasteiger partial charge in [-0.15, -0.1) is 4.36 Å². The Balaban J connectivity index is 0.00000289. The van der Waals surface area contributed by atoms with Crippen molar-refractivity contribution in [3.8, 4) is 6.07 Å². The van der Waals surface area contributed by atoms with Crippen molar-refractivity contribution in [3.05, 3.63) is 64.0 Å². The van der Waals surface area contributed by atoms with E-state index >= 15 is 0 Å². The van der Waals surface area contributed by atoms with E-state index in [0.29, 0.717) is 23.6 Å². The van der Waals surface area contributed by atoms with Crippen molar-refractivity contribution >= 4 is 42.8 Å². The lowest BCUT2D eigenvalue weighted by atomic mass is 9.87. The predicted molar refractivity (Wildman–Crippen MR) is 144 cm³/mol. The Bertz CT molecular complexity index is 1190. The Labute approximate surface area is 215 Å². The zero-order chi connectivity index (χ0) is 23.6. The summed E-state index contributed by atoms with van der Waals surface area (Å²) in [6, 6.07) is 10.0. The Morgan fingerprint density at radius 3 is 2.41 bits per heavy atom. The number of nitrogens with zero attached hydrogens (tertiary/aromatic N) is 3. The van der Waals surface area contributed by atoms with Crippen LogP contribution in [0.15, 0.2) is 39.6 Å². The fourth-order valence-electron chi connectivity index (χ4n) is 3.89. The summed E-state index contributed by atoms with van der Waals surface area (Å²) >= 11 is 0. The second kappa shape index (κ2) is 12.2. The van der Waals surface area contributed by atoms with Crippen LogP contribution < -0.4 is 5.14 Å². The molecule has 0 aromatic heterocycles. The molecule has 0 saturated heterocycles. The van der Waals surface area contributed by atoms with Gasteiger partial charge in [0.05, 0.1) is 22.9 Å². The molecule has 1 saturated carbocycles. The first-order chi connectivity index (χ1) is 15.0. The van der Waals surface area contributed by atoms with Gasteiger partial charge in [0.1, 0.15) is 15.7 Å². The smallest absolute Gasteiger partial charge is 0.259 e. The van der Waals surface area contributed by atoms with Crippen LogP contribution in [0.25, 0.3) is 0 Å². The van der Waals surface area contributed by atoms with E-state index in [1.54, 1.807) is 12.1 Å². The molecular formula is C24H33FN4O2S3. The van der Waals surface area contributed by atoms with Gasteiger partial charge in [0.25, 0.3) is 5.91 Å². The Morgan fingerprint density at radius 2 is 1.91 bits per heavy atom. The molecule has 1 aliphatic rings. The van der Waals surface area contributed by atoms with E-state index in [2.05, 4.69) is 10.4 Å². The molecule has 1 amide bonds. The number of amides is 1. The first-order valence-electron chi connectivity index (χ1n) is 10.6. The van der Waals surface area contributed by atoms with E-state index in [1.165, 1.54) is 12.1 Å². The van der Waals surface area contributed by atoms with Crippen LogP contribution in [0.3, 0.4) is 0 Å². The largest absolute Gasteiger partial charge is 0.305 e. The molecule has 0 heterocycles. The summed E-state index contributed by atoms with van der Waals surface area (Å²) in [6.07, 6.45) is 1.92. The molecule has 10 heteroatoms. The molecule has 6 nitrogen and oxygen atoms in total. The van der Waals surface area contributed by atoms with Gasteiger partial charge in [0, 0.05) is 6.54 Å². The molecule has 2 aromatic carbocycles. The molecule has 0 spiro atoms. The summed E-state index contributed by atoms with van der Waals surface area (Å²) in [5.74, 6) is -1.00. The summed E-state index contributed by atoms with van der Waals surface area (Å²) in [6.45, 7) is 4.50. The minimum Gasteiger partial charge on any atom is -0.305 e.